The first-order valence-electron chi connectivity index (χ1n) is 6.44. The molecular formula is C14H17N3O3. The molecule has 0 aliphatic heterocycles. The molecule has 0 aliphatic rings. The Morgan fingerprint density at radius 3 is 2.80 bits per heavy atom. The molecule has 2 aromatic rings. The van der Waals surface area contributed by atoms with Gasteiger partial charge in [-0.2, -0.15) is 5.10 Å². The maximum absolute atomic E-state index is 12.1. The molecule has 0 aliphatic carbocycles. The SMILES string of the molecule is CC(C)C[C@H](NC(=O)c1ccc2[nH]ncc2c1)C(=O)O. The number of aliphatic carboxylic acids is 1. The van der Waals surface area contributed by atoms with Gasteiger partial charge in [0.05, 0.1) is 11.7 Å². The molecule has 0 saturated carbocycles. The van der Waals surface area contributed by atoms with Crippen molar-refractivity contribution in [2.24, 2.45) is 5.92 Å². The summed E-state index contributed by atoms with van der Waals surface area (Å²) in [6, 6.07) is 4.20. The number of nitrogens with zero attached hydrogens (tertiary/aromatic N) is 1. The summed E-state index contributed by atoms with van der Waals surface area (Å²) < 4.78 is 0. The highest BCUT2D eigenvalue weighted by Gasteiger charge is 2.21. The van der Waals surface area contributed by atoms with Crippen molar-refractivity contribution in [2.45, 2.75) is 26.3 Å². The minimum Gasteiger partial charge on any atom is -0.480 e. The van der Waals surface area contributed by atoms with Crippen molar-refractivity contribution in [2.75, 3.05) is 0 Å². The third kappa shape index (κ3) is 3.14. The number of H-pyrrole nitrogens is 1. The standard InChI is InChI=1S/C14H17N3O3/c1-8(2)5-12(14(19)20)16-13(18)9-3-4-11-10(6-9)7-15-17-11/h3-4,6-8,12H,5H2,1-2H3,(H,15,17)(H,16,18)(H,19,20)/t12-/m0/s1. The molecular weight excluding hydrogens is 258 g/mol. The number of aromatic nitrogens is 2. The van der Waals surface area contributed by atoms with E-state index in [2.05, 4.69) is 15.5 Å². The molecule has 6 heteroatoms. The molecule has 0 saturated heterocycles. The minimum atomic E-state index is -1.02. The highest BCUT2D eigenvalue weighted by Crippen LogP contribution is 2.13. The number of nitrogens with one attached hydrogen (secondary N) is 2. The van der Waals surface area contributed by atoms with Crippen LogP contribution in [0.5, 0.6) is 0 Å². The van der Waals surface area contributed by atoms with Gasteiger partial charge < -0.3 is 10.4 Å². The van der Waals surface area contributed by atoms with Gasteiger partial charge in [0, 0.05) is 10.9 Å². The molecule has 1 aromatic heterocycles. The van der Waals surface area contributed by atoms with Crippen LogP contribution in [0.4, 0.5) is 0 Å². The predicted molar refractivity (Wildman–Crippen MR) is 74.4 cm³/mol. The molecule has 6 nitrogen and oxygen atoms in total. The Bertz CT molecular complexity index is 633. The monoisotopic (exact) mass is 275 g/mol. The maximum Gasteiger partial charge on any atom is 0.326 e. The van der Waals surface area contributed by atoms with Gasteiger partial charge in [-0.05, 0) is 30.5 Å². The number of rotatable bonds is 5. The van der Waals surface area contributed by atoms with E-state index < -0.39 is 12.0 Å². The second-order valence-corrected chi connectivity index (χ2v) is 5.17. The van der Waals surface area contributed by atoms with Gasteiger partial charge in [-0.15, -0.1) is 0 Å². The average molecular weight is 275 g/mol. The molecule has 0 unspecified atom stereocenters. The summed E-state index contributed by atoms with van der Waals surface area (Å²) in [7, 11) is 0. The van der Waals surface area contributed by atoms with Crippen LogP contribution in [0.25, 0.3) is 10.9 Å². The first kappa shape index (κ1) is 14.0. The Morgan fingerprint density at radius 2 is 2.15 bits per heavy atom. The molecule has 0 spiro atoms. The molecule has 2 rings (SSSR count). The molecule has 3 N–H and O–H groups in total. The zero-order valence-electron chi connectivity index (χ0n) is 11.4. The van der Waals surface area contributed by atoms with Crippen LogP contribution in [0.1, 0.15) is 30.6 Å². The molecule has 1 aromatic carbocycles. The molecule has 1 atom stereocenters. The first-order chi connectivity index (χ1) is 9.47. The number of carboxylic acids is 1. The lowest BCUT2D eigenvalue weighted by Crippen LogP contribution is -2.41. The van der Waals surface area contributed by atoms with Crippen LogP contribution in [0.15, 0.2) is 24.4 Å². The van der Waals surface area contributed by atoms with Gasteiger partial charge in [-0.3, -0.25) is 9.89 Å². The van der Waals surface area contributed by atoms with Crippen LogP contribution in [0.2, 0.25) is 0 Å². The highest BCUT2D eigenvalue weighted by atomic mass is 16.4. The van der Waals surface area contributed by atoms with Gasteiger partial charge in [0.1, 0.15) is 6.04 Å². The predicted octanol–water partition coefficient (Wildman–Crippen LogP) is 1.79. The fourth-order valence-corrected chi connectivity index (χ4v) is 2.02. The number of hydrogen-bond donors (Lipinski definition) is 3. The van der Waals surface area contributed by atoms with Crippen LogP contribution >= 0.6 is 0 Å². The van der Waals surface area contributed by atoms with Crippen LogP contribution in [-0.4, -0.2) is 33.2 Å². The fourth-order valence-electron chi connectivity index (χ4n) is 2.02. The van der Waals surface area contributed by atoms with Crippen LogP contribution < -0.4 is 5.32 Å². The first-order valence-corrected chi connectivity index (χ1v) is 6.44. The van der Waals surface area contributed by atoms with Crippen molar-refractivity contribution in [3.05, 3.63) is 30.0 Å². The van der Waals surface area contributed by atoms with E-state index in [0.717, 1.165) is 10.9 Å². The van der Waals surface area contributed by atoms with Gasteiger partial charge in [0.25, 0.3) is 5.91 Å². The van der Waals surface area contributed by atoms with E-state index in [1.165, 1.54) is 0 Å². The second-order valence-electron chi connectivity index (χ2n) is 5.17. The third-order valence-corrected chi connectivity index (χ3v) is 3.01. The third-order valence-electron chi connectivity index (χ3n) is 3.01. The molecule has 1 amide bonds. The van der Waals surface area contributed by atoms with Crippen molar-refractivity contribution < 1.29 is 14.7 Å². The number of carboxylic acid groups (broad SMARTS) is 1. The molecule has 1 heterocycles. The second kappa shape index (κ2) is 5.73. The highest BCUT2D eigenvalue weighted by molar-refractivity contribution is 5.99. The van der Waals surface area contributed by atoms with Crippen molar-refractivity contribution >= 4 is 22.8 Å². The quantitative estimate of drug-likeness (QED) is 0.775. The number of carbonyl (C=O) groups is 2. The Morgan fingerprint density at radius 1 is 1.40 bits per heavy atom. The number of hydrogen-bond acceptors (Lipinski definition) is 3. The minimum absolute atomic E-state index is 0.188. The van der Waals surface area contributed by atoms with Gasteiger partial charge in [0.15, 0.2) is 0 Å². The zero-order valence-corrected chi connectivity index (χ0v) is 11.4. The molecule has 20 heavy (non-hydrogen) atoms. The van der Waals surface area contributed by atoms with Crippen LogP contribution in [0, 0.1) is 5.92 Å². The van der Waals surface area contributed by atoms with Crippen LogP contribution in [-0.2, 0) is 4.79 Å². The zero-order chi connectivity index (χ0) is 14.7. The molecule has 0 radical (unpaired) electrons. The number of carbonyl (C=O) groups excluding carboxylic acids is 1. The van der Waals surface area contributed by atoms with Gasteiger partial charge in [0.2, 0.25) is 0 Å². The summed E-state index contributed by atoms with van der Waals surface area (Å²) >= 11 is 0. The van der Waals surface area contributed by atoms with Crippen molar-refractivity contribution in [1.29, 1.82) is 0 Å². The maximum atomic E-state index is 12.1. The van der Waals surface area contributed by atoms with Gasteiger partial charge >= 0.3 is 5.97 Å². The van der Waals surface area contributed by atoms with E-state index in [1.54, 1.807) is 24.4 Å². The summed E-state index contributed by atoms with van der Waals surface area (Å²) in [5, 5.41) is 19.2. The number of fused-ring (bicyclic) bond motifs is 1. The van der Waals surface area contributed by atoms with E-state index in [1.807, 2.05) is 13.8 Å². The van der Waals surface area contributed by atoms with Crippen LogP contribution in [0.3, 0.4) is 0 Å². The van der Waals surface area contributed by atoms with Crippen molar-refractivity contribution in [3.8, 4) is 0 Å². The summed E-state index contributed by atoms with van der Waals surface area (Å²) in [5.41, 5.74) is 1.26. The number of aromatic amines is 1. The lowest BCUT2D eigenvalue weighted by molar-refractivity contribution is -0.139. The Hall–Kier alpha value is -2.37. The van der Waals surface area contributed by atoms with E-state index in [-0.39, 0.29) is 11.8 Å². The summed E-state index contributed by atoms with van der Waals surface area (Å²) in [5.74, 6) is -1.22. The van der Waals surface area contributed by atoms with E-state index in [9.17, 15) is 9.59 Å². The molecule has 0 bridgehead atoms. The largest absolute Gasteiger partial charge is 0.480 e. The van der Waals surface area contributed by atoms with Gasteiger partial charge in [-0.1, -0.05) is 13.8 Å². The summed E-state index contributed by atoms with van der Waals surface area (Å²) in [6.07, 6.45) is 2.02. The normalized spacial score (nSPS) is 12.6. The Labute approximate surface area is 116 Å². The lowest BCUT2D eigenvalue weighted by Gasteiger charge is -2.16. The topological polar surface area (TPSA) is 95.1 Å². The van der Waals surface area contributed by atoms with E-state index in [0.29, 0.717) is 12.0 Å². The fraction of sp³-hybridized carbons (Fsp3) is 0.357. The van der Waals surface area contributed by atoms with Crippen molar-refractivity contribution in [3.63, 3.8) is 0 Å². The lowest BCUT2D eigenvalue weighted by atomic mass is 10.0. The van der Waals surface area contributed by atoms with Gasteiger partial charge in [-0.25, -0.2) is 4.79 Å². The smallest absolute Gasteiger partial charge is 0.326 e. The Kier molecular flexibility index (Phi) is 4.02. The molecule has 0 fully saturated rings. The average Bonchev–Trinajstić information content (AvgIpc) is 2.84. The van der Waals surface area contributed by atoms with E-state index >= 15 is 0 Å². The van der Waals surface area contributed by atoms with Crippen molar-refractivity contribution in [1.82, 2.24) is 15.5 Å². The summed E-state index contributed by atoms with van der Waals surface area (Å²) in [6.45, 7) is 3.83. The number of amides is 1. The number of benzene rings is 1. The summed E-state index contributed by atoms with van der Waals surface area (Å²) in [4.78, 5) is 23.2. The van der Waals surface area contributed by atoms with E-state index in [4.69, 9.17) is 5.11 Å². The molecule has 106 valence electrons. The Balaban J connectivity index is 2.15.